The number of esters is 3. The Hall–Kier alpha value is -4.86. The Morgan fingerprint density at radius 2 is 1.26 bits per heavy atom. The minimum absolute atomic E-state index is 0.0172. The lowest BCUT2D eigenvalue weighted by atomic mass is 9.59. The molecule has 7 rings (SSSR count). The van der Waals surface area contributed by atoms with Crippen LogP contribution in [0.15, 0.2) is 114 Å². The van der Waals surface area contributed by atoms with E-state index >= 15 is 0 Å². The highest BCUT2D eigenvalue weighted by Crippen LogP contribution is 2.77. The highest BCUT2D eigenvalue weighted by Gasteiger charge is 2.88. The fourth-order valence-electron chi connectivity index (χ4n) is 9.73. The molecule has 4 aliphatic carbocycles. The average molecular weight is 719 g/mol. The van der Waals surface area contributed by atoms with Crippen molar-refractivity contribution in [3.63, 3.8) is 0 Å². The zero-order chi connectivity index (χ0) is 37.8. The maximum atomic E-state index is 13.9. The molecule has 8 atom stereocenters. The number of ether oxygens (including phenoxy) is 3. The molecular formula is C44H46O9. The SMILES string of the molecule is CC1=C[C@H]2[C@@]3(O)[C@H](C)[C@@H](OC(=O)Cc4ccccc4)[C@]4(OC(=O)Cc5ccccc5)[C@H]([C@@H]3C=C(COC(=O)Cc3ccccc3)C[C@]2(O)C1=O)C4(C)C. The Morgan fingerprint density at radius 1 is 0.755 bits per heavy atom. The van der Waals surface area contributed by atoms with Crippen LogP contribution in [0.5, 0.6) is 0 Å². The van der Waals surface area contributed by atoms with Crippen molar-refractivity contribution in [2.24, 2.45) is 29.1 Å². The van der Waals surface area contributed by atoms with Gasteiger partial charge in [0.15, 0.2) is 11.4 Å². The molecule has 2 saturated carbocycles. The second-order valence-corrected chi connectivity index (χ2v) is 15.8. The van der Waals surface area contributed by atoms with Crippen LogP contribution in [0.4, 0.5) is 0 Å². The van der Waals surface area contributed by atoms with Gasteiger partial charge in [-0.05, 0) is 34.8 Å². The summed E-state index contributed by atoms with van der Waals surface area (Å²) < 4.78 is 18.6. The number of ketones is 1. The smallest absolute Gasteiger partial charge is 0.310 e. The van der Waals surface area contributed by atoms with E-state index in [1.807, 2.05) is 105 Å². The van der Waals surface area contributed by atoms with Crippen LogP contribution < -0.4 is 0 Å². The van der Waals surface area contributed by atoms with Crippen molar-refractivity contribution >= 4 is 23.7 Å². The number of fused-ring (bicyclic) bond motifs is 5. The predicted molar refractivity (Wildman–Crippen MR) is 195 cm³/mol. The third-order valence-corrected chi connectivity index (χ3v) is 12.3. The first-order chi connectivity index (χ1) is 25.2. The molecule has 9 heteroatoms. The van der Waals surface area contributed by atoms with Crippen molar-refractivity contribution in [3.05, 3.63) is 131 Å². The molecule has 0 amide bonds. The molecular weight excluding hydrogens is 672 g/mol. The molecule has 2 fully saturated rings. The molecule has 0 spiro atoms. The molecule has 276 valence electrons. The molecule has 0 bridgehead atoms. The molecule has 0 heterocycles. The van der Waals surface area contributed by atoms with E-state index in [4.69, 9.17) is 14.2 Å². The van der Waals surface area contributed by atoms with E-state index in [0.29, 0.717) is 11.1 Å². The average Bonchev–Trinajstić information content (AvgIpc) is 3.55. The van der Waals surface area contributed by atoms with E-state index in [2.05, 4.69) is 0 Å². The van der Waals surface area contributed by atoms with Gasteiger partial charge in [0.1, 0.15) is 18.3 Å². The van der Waals surface area contributed by atoms with Gasteiger partial charge in [0, 0.05) is 35.5 Å². The van der Waals surface area contributed by atoms with Crippen molar-refractivity contribution in [1.82, 2.24) is 0 Å². The number of carbonyl (C=O) groups excluding carboxylic acids is 4. The first kappa shape index (κ1) is 36.5. The van der Waals surface area contributed by atoms with Crippen molar-refractivity contribution in [2.75, 3.05) is 6.61 Å². The largest absolute Gasteiger partial charge is 0.461 e. The van der Waals surface area contributed by atoms with Gasteiger partial charge in [-0.25, -0.2) is 0 Å². The van der Waals surface area contributed by atoms with Gasteiger partial charge in [-0.15, -0.1) is 0 Å². The van der Waals surface area contributed by atoms with E-state index in [9.17, 15) is 29.4 Å². The summed E-state index contributed by atoms with van der Waals surface area (Å²) in [6.45, 7) is 6.98. The topological polar surface area (TPSA) is 136 Å². The van der Waals surface area contributed by atoms with Gasteiger partial charge in [0.05, 0.1) is 24.9 Å². The van der Waals surface area contributed by atoms with Crippen LogP contribution >= 0.6 is 0 Å². The lowest BCUT2D eigenvalue weighted by molar-refractivity contribution is -0.228. The van der Waals surface area contributed by atoms with Crippen molar-refractivity contribution in [2.45, 2.75) is 76.3 Å². The van der Waals surface area contributed by atoms with Crippen LogP contribution in [0.1, 0.15) is 50.8 Å². The number of Topliss-reactive ketones (excluding diaryl/α,β-unsaturated/α-hetero) is 1. The molecule has 53 heavy (non-hydrogen) atoms. The van der Waals surface area contributed by atoms with Crippen molar-refractivity contribution < 1.29 is 43.6 Å². The third kappa shape index (κ3) is 6.13. The molecule has 0 saturated heterocycles. The number of aliphatic hydroxyl groups is 2. The number of hydrogen-bond donors (Lipinski definition) is 2. The van der Waals surface area contributed by atoms with Gasteiger partial charge in [-0.1, -0.05) is 124 Å². The number of rotatable bonds is 10. The number of hydrogen-bond acceptors (Lipinski definition) is 9. The lowest BCUT2D eigenvalue weighted by Crippen LogP contribution is -2.66. The van der Waals surface area contributed by atoms with Crippen LogP contribution in [-0.4, -0.2) is 63.4 Å². The van der Waals surface area contributed by atoms with Crippen LogP contribution in [0.25, 0.3) is 0 Å². The summed E-state index contributed by atoms with van der Waals surface area (Å²) in [5.41, 5.74) is -3.06. The fraction of sp³-hybridized carbons (Fsp3) is 0.409. The Balaban J connectivity index is 1.29. The van der Waals surface area contributed by atoms with E-state index in [1.54, 1.807) is 26.0 Å². The first-order valence-corrected chi connectivity index (χ1v) is 18.3. The normalized spacial score (nSPS) is 32.1. The molecule has 0 radical (unpaired) electrons. The summed E-state index contributed by atoms with van der Waals surface area (Å²) in [6, 6.07) is 27.5. The van der Waals surface area contributed by atoms with E-state index < -0.39 is 75.7 Å². The van der Waals surface area contributed by atoms with E-state index in [1.165, 1.54) is 0 Å². The molecule has 0 unspecified atom stereocenters. The molecule has 0 aliphatic heterocycles. The standard InChI is InChI=1S/C44H46O9/c1-27-20-34-42(49,39(27)48)25-32(26-51-35(45)22-29-14-8-5-9-15-29)21-33-38-41(3,4)44(38,53-37(47)24-31-18-12-7-13-19-31)40(28(2)43(33,34)50)52-36(46)23-30-16-10-6-11-17-30/h5-21,28,33-34,38,40,49-50H,22-26H2,1-4H3/t28-,33+,34-,38-,40-,42-,43-,44-/m1/s1. The van der Waals surface area contributed by atoms with Crippen LogP contribution in [-0.2, 0) is 52.7 Å². The molecule has 9 nitrogen and oxygen atoms in total. The molecule has 0 aromatic heterocycles. The Bertz CT molecular complexity index is 1970. The van der Waals surface area contributed by atoms with Gasteiger partial charge in [-0.2, -0.15) is 0 Å². The minimum atomic E-state index is -2.05. The highest BCUT2D eigenvalue weighted by molar-refractivity contribution is 6.05. The zero-order valence-electron chi connectivity index (χ0n) is 30.5. The third-order valence-electron chi connectivity index (χ3n) is 12.3. The first-order valence-electron chi connectivity index (χ1n) is 18.3. The molecule has 4 aliphatic rings. The summed E-state index contributed by atoms with van der Waals surface area (Å²) in [5.74, 6) is -5.50. The van der Waals surface area contributed by atoms with Crippen molar-refractivity contribution in [3.8, 4) is 0 Å². The minimum Gasteiger partial charge on any atom is -0.461 e. The van der Waals surface area contributed by atoms with Crippen LogP contribution in [0.2, 0.25) is 0 Å². The van der Waals surface area contributed by atoms with E-state index in [-0.39, 0.29) is 32.3 Å². The quantitative estimate of drug-likeness (QED) is 0.162. The van der Waals surface area contributed by atoms with Gasteiger partial charge < -0.3 is 24.4 Å². The summed E-state index contributed by atoms with van der Waals surface area (Å²) in [5, 5.41) is 25.6. The molecule has 3 aromatic carbocycles. The molecule has 3 aromatic rings. The maximum Gasteiger partial charge on any atom is 0.310 e. The highest BCUT2D eigenvalue weighted by atomic mass is 16.6. The van der Waals surface area contributed by atoms with Gasteiger partial charge >= 0.3 is 17.9 Å². The zero-order valence-corrected chi connectivity index (χ0v) is 30.5. The molecule has 2 N–H and O–H groups in total. The second kappa shape index (κ2) is 13.5. The Labute approximate surface area is 309 Å². The van der Waals surface area contributed by atoms with E-state index in [0.717, 1.165) is 16.7 Å². The summed E-state index contributed by atoms with van der Waals surface area (Å²) >= 11 is 0. The summed E-state index contributed by atoms with van der Waals surface area (Å²) in [6.07, 6.45) is 2.09. The fourth-order valence-corrected chi connectivity index (χ4v) is 9.73. The van der Waals surface area contributed by atoms with Crippen molar-refractivity contribution in [1.29, 1.82) is 0 Å². The van der Waals surface area contributed by atoms with Crippen LogP contribution in [0.3, 0.4) is 0 Å². The second-order valence-electron chi connectivity index (χ2n) is 15.8. The summed E-state index contributed by atoms with van der Waals surface area (Å²) in [4.78, 5) is 54.4. The predicted octanol–water partition coefficient (Wildman–Crippen LogP) is 5.31. The lowest BCUT2D eigenvalue weighted by Gasteiger charge is -2.53. The number of carbonyl (C=O) groups is 4. The maximum absolute atomic E-state index is 13.9. The monoisotopic (exact) mass is 718 g/mol. The Morgan fingerprint density at radius 3 is 1.81 bits per heavy atom. The summed E-state index contributed by atoms with van der Waals surface area (Å²) in [7, 11) is 0. The van der Waals surface area contributed by atoms with Crippen LogP contribution in [0, 0.1) is 29.1 Å². The number of benzene rings is 3. The van der Waals surface area contributed by atoms with Gasteiger partial charge in [0.2, 0.25) is 0 Å². The van der Waals surface area contributed by atoms with Gasteiger partial charge in [-0.3, -0.25) is 19.2 Å². The van der Waals surface area contributed by atoms with Gasteiger partial charge in [0.25, 0.3) is 0 Å². The Kier molecular flexibility index (Phi) is 9.31.